The minimum atomic E-state index is -3.75. The Morgan fingerprint density at radius 2 is 0.867 bits per heavy atom. The molecule has 0 amide bonds. The molecule has 75 heavy (non-hydrogen) atoms. The molecule has 4 aromatic rings. The minimum Gasteiger partial charge on any atom is -0.504 e. The van der Waals surface area contributed by atoms with Crippen LogP contribution in [0.1, 0.15) is 5.56 Å². The Labute approximate surface area is 431 Å². The van der Waals surface area contributed by atoms with Gasteiger partial charge in [0.05, 0.1) is 117 Å². The van der Waals surface area contributed by atoms with Crippen molar-refractivity contribution >= 4 is 10.1 Å². The monoisotopic (exact) mass is 1090 g/mol. The molecule has 0 unspecified atom stereocenters. The summed E-state index contributed by atoms with van der Waals surface area (Å²) in [6.07, 6.45) is 3.99. The van der Waals surface area contributed by atoms with Crippen LogP contribution in [-0.4, -0.2) is 174 Å². The topological polar surface area (TPSA) is 350 Å². The average molecular weight is 1090 g/mol. The molecule has 0 saturated heterocycles. The predicted molar refractivity (Wildman–Crippen MR) is 259 cm³/mol. The van der Waals surface area contributed by atoms with E-state index in [4.69, 9.17) is 73.3 Å². The molecule has 0 aliphatic heterocycles. The molecule has 0 aliphatic carbocycles. The molecule has 0 saturated carbocycles. The molecule has 1 N–H and O–H groups in total. The van der Waals surface area contributed by atoms with Crippen LogP contribution in [0.4, 0.5) is 13.2 Å². The molecular formula is C44H61F3N12O15S. The number of aromatic nitrogens is 3. The van der Waals surface area contributed by atoms with E-state index >= 15 is 0 Å². The highest BCUT2D eigenvalue weighted by Crippen LogP contribution is 2.14. The lowest BCUT2D eigenvalue weighted by atomic mass is 10.2. The van der Waals surface area contributed by atoms with Crippen LogP contribution in [0, 0.1) is 24.8 Å². The number of aryl methyl sites for hydroxylation is 1. The van der Waals surface area contributed by atoms with Crippen molar-refractivity contribution in [3.05, 3.63) is 134 Å². The standard InChI is InChI=1S/2C13H19FN4O4.C13H19N3O6S.C5H4FNO/c2*14-13-12(2-1-3-16-13)22-11-10-21-9-8-20-7-6-19-5-4-17-18-15;1-12-2-4-13(5-3-12)23(17,18)22-11-9-20-7-6-19-8-10-21-16-15-14;6-5-4(8)2-1-3-7-5/h2*1-3H,4-11H2;2-5H,6-11H2,1H3;1-3,8H. The van der Waals surface area contributed by atoms with Crippen LogP contribution in [-0.2, 0) is 57.0 Å². The van der Waals surface area contributed by atoms with Gasteiger partial charge in [0, 0.05) is 46.4 Å². The number of hydrogen-bond acceptors (Lipinski definition) is 21. The highest BCUT2D eigenvalue weighted by Gasteiger charge is 2.14. The van der Waals surface area contributed by atoms with Crippen molar-refractivity contribution in [1.82, 2.24) is 15.0 Å². The van der Waals surface area contributed by atoms with Crippen LogP contribution >= 0.6 is 0 Å². The molecule has 3 aromatic heterocycles. The molecule has 31 heteroatoms. The van der Waals surface area contributed by atoms with E-state index in [1.807, 2.05) is 6.92 Å². The van der Waals surface area contributed by atoms with Gasteiger partial charge in [-0.2, -0.15) is 21.6 Å². The highest BCUT2D eigenvalue weighted by molar-refractivity contribution is 7.86. The molecule has 0 bridgehead atoms. The van der Waals surface area contributed by atoms with Crippen molar-refractivity contribution in [2.45, 2.75) is 11.8 Å². The molecule has 0 radical (unpaired) electrons. The third kappa shape index (κ3) is 38.4. The maximum absolute atomic E-state index is 13.1. The van der Waals surface area contributed by atoms with Gasteiger partial charge in [-0.05, 0) is 72.0 Å². The zero-order chi connectivity index (χ0) is 54.7. The van der Waals surface area contributed by atoms with Crippen LogP contribution in [0.2, 0.25) is 0 Å². The first kappa shape index (κ1) is 66.2. The summed E-state index contributed by atoms with van der Waals surface area (Å²) in [7, 11) is -3.75. The van der Waals surface area contributed by atoms with Crippen molar-refractivity contribution in [1.29, 1.82) is 0 Å². The molecule has 0 spiro atoms. The molecule has 0 fully saturated rings. The van der Waals surface area contributed by atoms with Crippen molar-refractivity contribution in [3.63, 3.8) is 0 Å². The number of ether oxygens (including phenoxy) is 10. The van der Waals surface area contributed by atoms with Crippen molar-refractivity contribution in [2.75, 3.05) is 145 Å². The molecule has 27 nitrogen and oxygen atoms in total. The number of rotatable bonds is 38. The highest BCUT2D eigenvalue weighted by atomic mass is 32.2. The lowest BCUT2D eigenvalue weighted by Gasteiger charge is -2.08. The number of benzene rings is 1. The Morgan fingerprint density at radius 1 is 0.493 bits per heavy atom. The van der Waals surface area contributed by atoms with Gasteiger partial charge in [0.1, 0.15) is 25.1 Å². The summed E-state index contributed by atoms with van der Waals surface area (Å²) in [4.78, 5) is 22.3. The Morgan fingerprint density at radius 3 is 1.24 bits per heavy atom. The summed E-state index contributed by atoms with van der Waals surface area (Å²) in [5.41, 5.74) is 25.0. The van der Waals surface area contributed by atoms with Crippen LogP contribution in [0.25, 0.3) is 31.3 Å². The third-order valence-corrected chi connectivity index (χ3v) is 9.33. The summed E-state index contributed by atoms with van der Waals surface area (Å²) in [6, 6.07) is 15.3. The zero-order valence-electron chi connectivity index (χ0n) is 41.1. The molecule has 0 atom stereocenters. The zero-order valence-corrected chi connectivity index (χ0v) is 41.9. The molecule has 0 aliphatic rings. The molecule has 3 heterocycles. The van der Waals surface area contributed by atoms with Gasteiger partial charge in [0.15, 0.2) is 17.2 Å². The van der Waals surface area contributed by atoms with Gasteiger partial charge in [-0.1, -0.05) is 27.9 Å². The molecule has 4 rings (SSSR count). The average Bonchev–Trinajstić information content (AvgIpc) is 3.41. The first-order valence-corrected chi connectivity index (χ1v) is 24.0. The van der Waals surface area contributed by atoms with Crippen LogP contribution in [0.3, 0.4) is 0 Å². The number of nitrogens with zero attached hydrogens (tertiary/aromatic N) is 12. The van der Waals surface area contributed by atoms with E-state index in [-0.39, 0.29) is 62.6 Å². The fourth-order valence-electron chi connectivity index (χ4n) is 4.60. The normalized spacial score (nSPS) is 10.3. The maximum Gasteiger partial charge on any atom is 0.297 e. The SMILES string of the molecule is Cc1ccc(S(=O)(=O)OCCOCCOCCON=[N+]=[N-])cc1.Oc1cccnc1F.[N-]=[N+]=NCCOCCOCCOCCOc1cccnc1F.[N-]=[N+]=NCCOCCOCCOCCOc1cccnc1F. The van der Waals surface area contributed by atoms with Crippen LogP contribution in [0.5, 0.6) is 17.2 Å². The number of azide groups is 3. The summed E-state index contributed by atoms with van der Waals surface area (Å²) in [6.45, 7) is 8.93. The van der Waals surface area contributed by atoms with Gasteiger partial charge in [-0.15, -0.1) is 0 Å². The van der Waals surface area contributed by atoms with Gasteiger partial charge >= 0.3 is 0 Å². The van der Waals surface area contributed by atoms with Crippen LogP contribution in [0.15, 0.2) is 99.7 Å². The van der Waals surface area contributed by atoms with Gasteiger partial charge in [-0.3, -0.25) is 4.18 Å². The Bertz CT molecular complexity index is 2220. The fraction of sp³-hybridized carbons (Fsp3) is 0.523. The van der Waals surface area contributed by atoms with Gasteiger partial charge in [0.25, 0.3) is 28.0 Å². The number of halogens is 3. The fourth-order valence-corrected chi connectivity index (χ4v) is 5.49. The summed E-state index contributed by atoms with van der Waals surface area (Å²) < 4.78 is 119. The van der Waals surface area contributed by atoms with Gasteiger partial charge in [-0.25, -0.2) is 15.0 Å². The summed E-state index contributed by atoms with van der Waals surface area (Å²) >= 11 is 0. The second kappa shape index (κ2) is 46.9. The van der Waals surface area contributed by atoms with E-state index in [9.17, 15) is 21.6 Å². The molecular weight excluding hydrogens is 1030 g/mol. The molecule has 1 aromatic carbocycles. The quantitative estimate of drug-likeness (QED) is 0.00914. The van der Waals surface area contributed by atoms with E-state index in [0.717, 1.165) is 5.56 Å². The van der Waals surface area contributed by atoms with E-state index in [1.165, 1.54) is 55.0 Å². The van der Waals surface area contributed by atoms with Crippen LogP contribution < -0.4 is 9.47 Å². The first-order chi connectivity index (χ1) is 36.5. The smallest absolute Gasteiger partial charge is 0.297 e. The van der Waals surface area contributed by atoms with Crippen molar-refractivity contribution < 1.29 is 83.1 Å². The van der Waals surface area contributed by atoms with Crippen molar-refractivity contribution in [3.8, 4) is 17.2 Å². The predicted octanol–water partition coefficient (Wildman–Crippen LogP) is 6.82. The lowest BCUT2D eigenvalue weighted by Crippen LogP contribution is -2.14. The van der Waals surface area contributed by atoms with Crippen molar-refractivity contribution in [2.24, 2.45) is 15.5 Å². The van der Waals surface area contributed by atoms with E-state index in [1.54, 1.807) is 24.3 Å². The largest absolute Gasteiger partial charge is 0.504 e. The Kier molecular flexibility index (Phi) is 41.4. The summed E-state index contributed by atoms with van der Waals surface area (Å²) in [5.74, 6) is -2.28. The Balaban J connectivity index is 0.000000522. The number of pyridine rings is 3. The molecule has 414 valence electrons. The van der Waals surface area contributed by atoms with Gasteiger partial charge < -0.3 is 57.3 Å². The van der Waals surface area contributed by atoms with Gasteiger partial charge in [0.2, 0.25) is 0 Å². The third-order valence-electron chi connectivity index (χ3n) is 8.01. The van der Waals surface area contributed by atoms with E-state index < -0.39 is 33.7 Å². The Hall–Kier alpha value is -6.82. The van der Waals surface area contributed by atoms with E-state index in [0.29, 0.717) is 99.0 Å². The minimum absolute atomic E-state index is 0.0732. The van der Waals surface area contributed by atoms with E-state index in [2.05, 4.69) is 50.0 Å². The second-order valence-corrected chi connectivity index (χ2v) is 15.1. The first-order valence-electron chi connectivity index (χ1n) is 22.6. The second-order valence-electron chi connectivity index (χ2n) is 13.5. The number of aromatic hydroxyl groups is 1. The summed E-state index contributed by atoms with van der Waals surface area (Å²) in [5, 5.41) is 18.0. The lowest BCUT2D eigenvalue weighted by molar-refractivity contribution is 0.00969. The maximum atomic E-state index is 13.1. The number of hydrogen-bond donors (Lipinski definition) is 1.